The number of rotatable bonds is 7. The second kappa shape index (κ2) is 7.94. The molecule has 1 aliphatic heterocycles. The Morgan fingerprint density at radius 3 is 2.79 bits per heavy atom. The summed E-state index contributed by atoms with van der Waals surface area (Å²) in [4.78, 5) is 10.8. The molecule has 7 nitrogen and oxygen atoms in total. The number of hydrogen-bond donors (Lipinski definition) is 1. The Labute approximate surface area is 143 Å². The predicted octanol–water partition coefficient (Wildman–Crippen LogP) is 3.23. The van der Waals surface area contributed by atoms with Crippen molar-refractivity contribution >= 4 is 21.4 Å². The SMILES string of the molecule is CCCCNc1ccc(S(=O)(=O)N2CCC[C@@H](C)C2)cc1[N+](=O)[O-]. The number of benzene rings is 1. The fourth-order valence-electron chi connectivity index (χ4n) is 2.89. The molecule has 0 spiro atoms. The molecule has 1 fully saturated rings. The van der Waals surface area contributed by atoms with Crippen LogP contribution in [0.2, 0.25) is 0 Å². The normalized spacial score (nSPS) is 19.2. The molecule has 0 amide bonds. The molecule has 134 valence electrons. The molecule has 0 radical (unpaired) electrons. The molecule has 1 heterocycles. The third-order valence-corrected chi connectivity index (χ3v) is 6.13. The van der Waals surface area contributed by atoms with Gasteiger partial charge in [0, 0.05) is 25.7 Å². The molecule has 0 bridgehead atoms. The Hall–Kier alpha value is -1.67. The van der Waals surface area contributed by atoms with Gasteiger partial charge in [-0.25, -0.2) is 8.42 Å². The van der Waals surface area contributed by atoms with Gasteiger partial charge in [-0.1, -0.05) is 20.3 Å². The van der Waals surface area contributed by atoms with Crippen LogP contribution in [0.5, 0.6) is 0 Å². The van der Waals surface area contributed by atoms with Crippen molar-refractivity contribution in [2.24, 2.45) is 5.92 Å². The third kappa shape index (κ3) is 4.24. The van der Waals surface area contributed by atoms with Crippen LogP contribution in [0, 0.1) is 16.0 Å². The van der Waals surface area contributed by atoms with Gasteiger partial charge in [0.1, 0.15) is 5.69 Å². The molecule has 1 aromatic carbocycles. The van der Waals surface area contributed by atoms with E-state index in [1.807, 2.05) is 13.8 Å². The highest BCUT2D eigenvalue weighted by Gasteiger charge is 2.30. The highest BCUT2D eigenvalue weighted by atomic mass is 32.2. The van der Waals surface area contributed by atoms with Crippen LogP contribution in [0.3, 0.4) is 0 Å². The first-order valence-corrected chi connectivity index (χ1v) is 9.82. The summed E-state index contributed by atoms with van der Waals surface area (Å²) in [6, 6.07) is 4.12. The first-order valence-electron chi connectivity index (χ1n) is 8.38. The number of anilines is 1. The molecule has 0 saturated carbocycles. The lowest BCUT2D eigenvalue weighted by molar-refractivity contribution is -0.384. The first-order chi connectivity index (χ1) is 11.4. The van der Waals surface area contributed by atoms with Crippen molar-refractivity contribution in [3.63, 3.8) is 0 Å². The second-order valence-corrected chi connectivity index (χ2v) is 8.26. The molecular weight excluding hydrogens is 330 g/mol. The number of nitro groups is 1. The largest absolute Gasteiger partial charge is 0.379 e. The minimum absolute atomic E-state index is 0.00987. The van der Waals surface area contributed by atoms with E-state index in [1.54, 1.807) is 0 Å². The minimum Gasteiger partial charge on any atom is -0.379 e. The maximum atomic E-state index is 12.8. The van der Waals surface area contributed by atoms with Crippen molar-refractivity contribution in [1.29, 1.82) is 0 Å². The van der Waals surface area contributed by atoms with Gasteiger partial charge in [0.15, 0.2) is 0 Å². The number of nitrogens with one attached hydrogen (secondary N) is 1. The van der Waals surface area contributed by atoms with Gasteiger partial charge in [-0.3, -0.25) is 10.1 Å². The number of hydrogen-bond acceptors (Lipinski definition) is 5. The predicted molar refractivity (Wildman–Crippen MR) is 93.7 cm³/mol. The van der Waals surface area contributed by atoms with E-state index in [2.05, 4.69) is 5.32 Å². The van der Waals surface area contributed by atoms with E-state index in [9.17, 15) is 18.5 Å². The summed E-state index contributed by atoms with van der Waals surface area (Å²) >= 11 is 0. The van der Waals surface area contributed by atoms with Gasteiger partial charge in [-0.05, 0) is 37.3 Å². The molecule has 1 atom stereocenters. The molecule has 1 aromatic rings. The number of unbranched alkanes of at least 4 members (excludes halogenated alkanes) is 1. The molecule has 2 rings (SSSR count). The summed E-state index contributed by atoms with van der Waals surface area (Å²) in [6.45, 7) is 5.60. The summed E-state index contributed by atoms with van der Waals surface area (Å²) < 4.78 is 27.0. The average Bonchev–Trinajstić information content (AvgIpc) is 2.55. The van der Waals surface area contributed by atoms with Gasteiger partial charge in [0.05, 0.1) is 9.82 Å². The summed E-state index contributed by atoms with van der Waals surface area (Å²) in [7, 11) is -3.69. The Morgan fingerprint density at radius 1 is 1.42 bits per heavy atom. The number of nitrogens with zero attached hydrogens (tertiary/aromatic N) is 2. The fourth-order valence-corrected chi connectivity index (χ4v) is 4.50. The Morgan fingerprint density at radius 2 is 2.17 bits per heavy atom. The van der Waals surface area contributed by atoms with Gasteiger partial charge < -0.3 is 5.32 Å². The standard InChI is InChI=1S/C16H25N3O4S/c1-3-4-9-17-15-8-7-14(11-16(15)19(20)21)24(22,23)18-10-5-6-13(2)12-18/h7-8,11,13,17H,3-6,9-10,12H2,1-2H3/t13-/m1/s1. The van der Waals surface area contributed by atoms with Crippen molar-refractivity contribution in [2.75, 3.05) is 25.0 Å². The Balaban J connectivity index is 2.29. The van der Waals surface area contributed by atoms with E-state index in [0.29, 0.717) is 31.2 Å². The van der Waals surface area contributed by atoms with Crippen LogP contribution in [-0.2, 0) is 10.0 Å². The average molecular weight is 355 g/mol. The number of nitro benzene ring substituents is 1. The van der Waals surface area contributed by atoms with E-state index >= 15 is 0 Å². The van der Waals surface area contributed by atoms with E-state index in [1.165, 1.54) is 22.5 Å². The van der Waals surface area contributed by atoms with Crippen molar-refractivity contribution in [3.8, 4) is 0 Å². The van der Waals surface area contributed by atoms with Crippen LogP contribution in [0.15, 0.2) is 23.1 Å². The molecule has 0 aromatic heterocycles. The first kappa shape index (κ1) is 18.7. The monoisotopic (exact) mass is 355 g/mol. The topological polar surface area (TPSA) is 92.6 Å². The highest BCUT2D eigenvalue weighted by Crippen LogP contribution is 2.30. The van der Waals surface area contributed by atoms with E-state index in [0.717, 1.165) is 25.7 Å². The lowest BCUT2D eigenvalue weighted by atomic mass is 10.0. The third-order valence-electron chi connectivity index (χ3n) is 4.27. The molecule has 8 heteroatoms. The van der Waals surface area contributed by atoms with Crippen LogP contribution in [-0.4, -0.2) is 37.3 Å². The van der Waals surface area contributed by atoms with Crippen molar-refractivity contribution in [2.45, 2.75) is 44.4 Å². The zero-order chi connectivity index (χ0) is 17.7. The van der Waals surface area contributed by atoms with Crippen LogP contribution in [0.4, 0.5) is 11.4 Å². The quantitative estimate of drug-likeness (QED) is 0.460. The molecule has 24 heavy (non-hydrogen) atoms. The van der Waals surface area contributed by atoms with Gasteiger partial charge in [0.25, 0.3) is 5.69 Å². The van der Waals surface area contributed by atoms with Crippen LogP contribution in [0.25, 0.3) is 0 Å². The molecule has 1 N–H and O–H groups in total. The van der Waals surface area contributed by atoms with Gasteiger partial charge in [0.2, 0.25) is 10.0 Å². The van der Waals surface area contributed by atoms with Crippen LogP contribution in [0.1, 0.15) is 39.5 Å². The molecular formula is C16H25N3O4S. The van der Waals surface area contributed by atoms with Crippen molar-refractivity contribution in [1.82, 2.24) is 4.31 Å². The van der Waals surface area contributed by atoms with E-state index in [4.69, 9.17) is 0 Å². The lowest BCUT2D eigenvalue weighted by Gasteiger charge is -2.30. The lowest BCUT2D eigenvalue weighted by Crippen LogP contribution is -2.39. The molecule has 1 aliphatic rings. The Kier molecular flexibility index (Phi) is 6.17. The summed E-state index contributed by atoms with van der Waals surface area (Å²) in [5.41, 5.74) is 0.164. The van der Waals surface area contributed by atoms with E-state index in [-0.39, 0.29) is 10.6 Å². The summed E-state index contributed by atoms with van der Waals surface area (Å²) in [5.74, 6) is 0.304. The summed E-state index contributed by atoms with van der Waals surface area (Å²) in [6.07, 6.45) is 3.69. The van der Waals surface area contributed by atoms with Crippen LogP contribution >= 0.6 is 0 Å². The Bertz CT molecular complexity index is 691. The van der Waals surface area contributed by atoms with Crippen molar-refractivity contribution < 1.29 is 13.3 Å². The zero-order valence-corrected chi connectivity index (χ0v) is 15.0. The highest BCUT2D eigenvalue weighted by molar-refractivity contribution is 7.89. The maximum absolute atomic E-state index is 12.8. The molecule has 0 aliphatic carbocycles. The fraction of sp³-hybridized carbons (Fsp3) is 0.625. The molecule has 1 saturated heterocycles. The minimum atomic E-state index is -3.69. The van der Waals surface area contributed by atoms with Gasteiger partial charge >= 0.3 is 0 Å². The van der Waals surface area contributed by atoms with Crippen molar-refractivity contribution in [3.05, 3.63) is 28.3 Å². The van der Waals surface area contributed by atoms with E-state index < -0.39 is 14.9 Å². The number of piperidine rings is 1. The van der Waals surface area contributed by atoms with Gasteiger partial charge in [-0.2, -0.15) is 4.31 Å². The number of sulfonamides is 1. The van der Waals surface area contributed by atoms with Gasteiger partial charge in [-0.15, -0.1) is 0 Å². The van der Waals surface area contributed by atoms with Crippen LogP contribution < -0.4 is 5.32 Å². The second-order valence-electron chi connectivity index (χ2n) is 6.33. The smallest absolute Gasteiger partial charge is 0.293 e. The maximum Gasteiger partial charge on any atom is 0.293 e. The summed E-state index contributed by atoms with van der Waals surface area (Å²) in [5, 5.41) is 14.3. The zero-order valence-electron chi connectivity index (χ0n) is 14.2. The molecule has 0 unspecified atom stereocenters.